The molecule has 0 spiro atoms. The van der Waals surface area contributed by atoms with Crippen molar-refractivity contribution >= 4 is 12.1 Å². The third-order valence-electron chi connectivity index (χ3n) is 3.03. The molecule has 1 saturated heterocycles. The van der Waals surface area contributed by atoms with Crippen LogP contribution in [-0.2, 0) is 9.59 Å². The number of carbonyl (C=O) groups excluding carboxylic acids is 2. The van der Waals surface area contributed by atoms with E-state index in [9.17, 15) is 9.59 Å². The van der Waals surface area contributed by atoms with Crippen molar-refractivity contribution in [2.45, 2.75) is 32.4 Å². The van der Waals surface area contributed by atoms with Gasteiger partial charge in [0, 0.05) is 56.0 Å². The Morgan fingerprint density at radius 3 is 2.53 bits per heavy atom. The zero-order chi connectivity index (χ0) is 10.7. The van der Waals surface area contributed by atoms with Crippen LogP contribution < -0.4 is 0 Å². The third-order valence-corrected chi connectivity index (χ3v) is 3.03. The number of nitrogens with zero attached hydrogens (tertiary/aromatic N) is 1. The van der Waals surface area contributed by atoms with Crippen molar-refractivity contribution in [1.29, 1.82) is 0 Å². The average Bonchev–Trinajstić information content (AvgIpc) is 2.54. The molecule has 3 atom stereocenters. The fourth-order valence-corrected chi connectivity index (χ4v) is 2.30. The number of carbonyl (C=O) groups is 2. The van der Waals surface area contributed by atoms with Crippen molar-refractivity contribution < 1.29 is 53.7 Å². The molecule has 0 bridgehead atoms. The smallest absolute Gasteiger partial charge is 0.146 e. The van der Waals surface area contributed by atoms with Gasteiger partial charge in [-0.15, -0.1) is 6.54 Å². The van der Waals surface area contributed by atoms with Gasteiger partial charge < -0.3 is 10.5 Å². The standard InChI is InChI=1S/C10H17N2O2.Ac/c1-3-12-9(7(2)14)4-8(6-13)10(12)5-11;/h6,8-11H,3-5H2,1-2H3;/q-1;/t8-,9+,10-;/m0./s1. The van der Waals surface area contributed by atoms with Gasteiger partial charge in [-0.05, 0) is 19.9 Å². The number of likely N-dealkylation sites (tertiary alicyclic amines) is 1. The minimum atomic E-state index is -0.148. The van der Waals surface area contributed by atoms with Crippen LogP contribution in [0.2, 0.25) is 0 Å². The first-order chi connectivity index (χ1) is 6.65. The molecule has 0 aromatic heterocycles. The molecule has 0 aromatic rings. The Bertz CT molecular complexity index is 235. The number of rotatable bonds is 4. The molecule has 1 aliphatic rings. The number of likely N-dealkylation sites (N-methyl/N-ethyl adjacent to an activating group) is 1. The summed E-state index contributed by atoms with van der Waals surface area (Å²) in [6.07, 6.45) is 1.49. The van der Waals surface area contributed by atoms with Gasteiger partial charge in [-0.2, -0.15) is 0 Å². The minimum absolute atomic E-state index is 0. The molecule has 1 fully saturated rings. The first-order valence-corrected chi connectivity index (χ1v) is 5.01. The van der Waals surface area contributed by atoms with Crippen LogP contribution in [0, 0.1) is 50.0 Å². The number of hydrogen-bond acceptors (Lipinski definition) is 3. The summed E-state index contributed by atoms with van der Waals surface area (Å²) < 4.78 is 0. The Kier molecular flexibility index (Phi) is 7.44. The molecule has 1 N–H and O–H groups in total. The van der Waals surface area contributed by atoms with Crippen molar-refractivity contribution in [3.05, 3.63) is 5.73 Å². The quantitative estimate of drug-likeness (QED) is 0.631. The van der Waals surface area contributed by atoms with E-state index in [4.69, 9.17) is 5.73 Å². The summed E-state index contributed by atoms with van der Waals surface area (Å²) >= 11 is 0. The first kappa shape index (κ1) is 15.7. The molecule has 0 amide bonds. The van der Waals surface area contributed by atoms with Crippen molar-refractivity contribution in [2.24, 2.45) is 5.92 Å². The Hall–Kier alpha value is 0.702. The van der Waals surface area contributed by atoms with Gasteiger partial charge in [0.05, 0.1) is 6.04 Å². The van der Waals surface area contributed by atoms with E-state index in [1.54, 1.807) is 6.92 Å². The summed E-state index contributed by atoms with van der Waals surface area (Å²) in [6.45, 7) is 4.45. The molecule has 15 heavy (non-hydrogen) atoms. The van der Waals surface area contributed by atoms with Crippen LogP contribution in [0.3, 0.4) is 0 Å². The second-order valence-electron chi connectivity index (χ2n) is 3.76. The topological polar surface area (TPSA) is 61.2 Å². The summed E-state index contributed by atoms with van der Waals surface area (Å²) in [5.74, 6) is -0.0315. The van der Waals surface area contributed by atoms with E-state index in [1.807, 2.05) is 11.8 Å². The van der Waals surface area contributed by atoms with Crippen molar-refractivity contribution in [3.8, 4) is 0 Å². The normalized spacial score (nSPS) is 31.0. The van der Waals surface area contributed by atoms with Gasteiger partial charge in [0.25, 0.3) is 0 Å². The van der Waals surface area contributed by atoms with Gasteiger partial charge in [-0.3, -0.25) is 9.69 Å². The Morgan fingerprint density at radius 2 is 2.20 bits per heavy atom. The number of Topliss-reactive ketones (excluding diaryl/α,β-unsaturated/α-hetero) is 1. The molecule has 5 heteroatoms. The molecule has 0 aliphatic carbocycles. The second-order valence-corrected chi connectivity index (χ2v) is 3.76. The van der Waals surface area contributed by atoms with Crippen LogP contribution in [-0.4, -0.2) is 42.1 Å². The van der Waals surface area contributed by atoms with E-state index >= 15 is 0 Å². The fourth-order valence-electron chi connectivity index (χ4n) is 2.30. The molecular weight excluding hydrogens is 407 g/mol. The van der Waals surface area contributed by atoms with E-state index in [-0.39, 0.29) is 74.4 Å². The number of nitrogens with one attached hydrogen (secondary N) is 1. The van der Waals surface area contributed by atoms with Gasteiger partial charge in [0.2, 0.25) is 0 Å². The maximum absolute atomic E-state index is 11.3. The first-order valence-electron chi connectivity index (χ1n) is 5.01. The van der Waals surface area contributed by atoms with Gasteiger partial charge in [-0.1, -0.05) is 6.92 Å². The molecule has 1 heterocycles. The van der Waals surface area contributed by atoms with Crippen LogP contribution in [0.1, 0.15) is 20.3 Å². The molecule has 1 radical (unpaired) electrons. The predicted molar refractivity (Wildman–Crippen MR) is 54.0 cm³/mol. The molecule has 0 saturated carbocycles. The Morgan fingerprint density at radius 1 is 1.60 bits per heavy atom. The summed E-state index contributed by atoms with van der Waals surface area (Å²) in [5.41, 5.74) is 7.39. The van der Waals surface area contributed by atoms with Crippen LogP contribution in [0.5, 0.6) is 0 Å². The van der Waals surface area contributed by atoms with E-state index < -0.39 is 0 Å². The number of hydrogen-bond donors (Lipinski definition) is 0. The van der Waals surface area contributed by atoms with Gasteiger partial charge in [0.1, 0.15) is 12.1 Å². The maximum atomic E-state index is 11.3. The van der Waals surface area contributed by atoms with Crippen LogP contribution in [0.25, 0.3) is 5.73 Å². The van der Waals surface area contributed by atoms with Crippen molar-refractivity contribution in [2.75, 3.05) is 13.1 Å². The monoisotopic (exact) mass is 424 g/mol. The summed E-state index contributed by atoms with van der Waals surface area (Å²) in [6, 6.07) is -0.211. The second kappa shape index (κ2) is 7.11. The zero-order valence-electron chi connectivity index (χ0n) is 9.27. The van der Waals surface area contributed by atoms with Gasteiger partial charge >= 0.3 is 0 Å². The fraction of sp³-hybridized carbons (Fsp3) is 0.800. The SMILES string of the molecule is CCN1[C@@H](C(C)=O)C[C@@H](C=O)[C@@H]1C[NH-].[Ac]. The summed E-state index contributed by atoms with van der Waals surface area (Å²) in [7, 11) is 0. The maximum Gasteiger partial charge on any atom is 0.146 e. The van der Waals surface area contributed by atoms with E-state index in [2.05, 4.69) is 0 Å². The molecule has 0 unspecified atom stereocenters. The van der Waals surface area contributed by atoms with Crippen molar-refractivity contribution in [1.82, 2.24) is 4.90 Å². The summed E-state index contributed by atoms with van der Waals surface area (Å²) in [5, 5.41) is 0. The van der Waals surface area contributed by atoms with Crippen LogP contribution in [0.15, 0.2) is 0 Å². The third kappa shape index (κ3) is 3.33. The Balaban J connectivity index is 0.00000196. The largest absolute Gasteiger partial charge is 0.676 e. The number of ketones is 1. The molecule has 1 rings (SSSR count). The summed E-state index contributed by atoms with van der Waals surface area (Å²) in [4.78, 5) is 24.1. The molecule has 4 nitrogen and oxygen atoms in total. The number of aldehydes is 1. The Labute approximate surface area is 126 Å². The zero-order valence-corrected chi connectivity index (χ0v) is 14.0. The van der Waals surface area contributed by atoms with Crippen LogP contribution >= 0.6 is 0 Å². The molecule has 0 aromatic carbocycles. The van der Waals surface area contributed by atoms with Gasteiger partial charge in [0.15, 0.2) is 0 Å². The molecular formula is C10H17AcN2O2-. The average molecular weight is 424 g/mol. The molecule has 83 valence electrons. The van der Waals surface area contributed by atoms with Crippen molar-refractivity contribution in [3.63, 3.8) is 0 Å². The van der Waals surface area contributed by atoms with E-state index in [0.29, 0.717) is 6.42 Å². The molecule has 1 aliphatic heterocycles. The van der Waals surface area contributed by atoms with E-state index in [0.717, 1.165) is 12.8 Å². The van der Waals surface area contributed by atoms with Crippen LogP contribution in [0.4, 0.5) is 0 Å². The predicted octanol–water partition coefficient (Wildman–Crippen LogP) is 0.905. The minimum Gasteiger partial charge on any atom is -0.676 e. The van der Waals surface area contributed by atoms with E-state index in [1.165, 1.54) is 0 Å². The van der Waals surface area contributed by atoms with Gasteiger partial charge in [-0.25, -0.2) is 0 Å².